The number of nitrogens with zero attached hydrogens (tertiary/aromatic N) is 2. The molecule has 1 aliphatic heterocycles. The fourth-order valence-corrected chi connectivity index (χ4v) is 2.64. The third kappa shape index (κ3) is 4.52. The van der Waals surface area contributed by atoms with Gasteiger partial charge in [0, 0.05) is 25.4 Å². The van der Waals surface area contributed by atoms with Crippen molar-refractivity contribution in [3.8, 4) is 0 Å². The maximum Gasteiger partial charge on any atom is 0.244 e. The van der Waals surface area contributed by atoms with E-state index in [1.54, 1.807) is 16.7 Å². The molecule has 1 rings (SSSR count). The van der Waals surface area contributed by atoms with E-state index in [9.17, 15) is 4.79 Å². The average molecular weight is 271 g/mol. The zero-order valence-corrected chi connectivity index (χ0v) is 12.9. The highest BCUT2D eigenvalue weighted by Crippen LogP contribution is 2.27. The van der Waals surface area contributed by atoms with E-state index >= 15 is 0 Å². The van der Waals surface area contributed by atoms with Gasteiger partial charge in [0.15, 0.2) is 5.17 Å². The van der Waals surface area contributed by atoms with Crippen LogP contribution in [0.3, 0.4) is 0 Å². The molecule has 0 aromatic carbocycles. The molecule has 0 aliphatic carbocycles. The van der Waals surface area contributed by atoms with Crippen molar-refractivity contribution < 1.29 is 4.79 Å². The topological polar surface area (TPSA) is 44.7 Å². The first-order valence-corrected chi connectivity index (χ1v) is 7.51. The smallest absolute Gasteiger partial charge is 0.244 e. The standard InChI is InChI=1S/C13H25N3OS/c1-6-16(5)11(17)9-14-12-15-10(7-8-18-12)13(2,3)4/h10H,6-9H2,1-5H3,(H,14,15). The lowest BCUT2D eigenvalue weighted by Gasteiger charge is -2.35. The highest BCUT2D eigenvalue weighted by molar-refractivity contribution is 8.13. The first-order chi connectivity index (χ1) is 8.34. The number of amides is 1. The molecular weight excluding hydrogens is 246 g/mol. The highest BCUT2D eigenvalue weighted by Gasteiger charge is 2.28. The molecule has 1 unspecified atom stereocenters. The molecular formula is C13H25N3OS. The van der Waals surface area contributed by atoms with Gasteiger partial charge in [0.1, 0.15) is 6.54 Å². The van der Waals surface area contributed by atoms with Crippen molar-refractivity contribution in [3.63, 3.8) is 0 Å². The zero-order valence-electron chi connectivity index (χ0n) is 12.1. The maximum absolute atomic E-state index is 11.7. The molecule has 0 aromatic rings. The fraction of sp³-hybridized carbons (Fsp3) is 0.846. The van der Waals surface area contributed by atoms with E-state index in [0.29, 0.717) is 6.04 Å². The number of nitrogens with one attached hydrogen (secondary N) is 1. The molecule has 1 saturated heterocycles. The summed E-state index contributed by atoms with van der Waals surface area (Å²) in [7, 11) is 1.81. The molecule has 1 heterocycles. The van der Waals surface area contributed by atoms with Crippen LogP contribution in [0.25, 0.3) is 0 Å². The van der Waals surface area contributed by atoms with Crippen molar-refractivity contribution in [1.29, 1.82) is 0 Å². The van der Waals surface area contributed by atoms with Crippen molar-refractivity contribution in [2.45, 2.75) is 40.2 Å². The second-order valence-corrected chi connectivity index (χ2v) is 6.81. The van der Waals surface area contributed by atoms with Crippen LogP contribution in [0.2, 0.25) is 0 Å². The number of hydrogen-bond donors (Lipinski definition) is 1. The van der Waals surface area contributed by atoms with Gasteiger partial charge in [-0.15, -0.1) is 0 Å². The second kappa shape index (κ2) is 6.45. The molecule has 1 N–H and O–H groups in total. The Morgan fingerprint density at radius 3 is 2.78 bits per heavy atom. The largest absolute Gasteiger partial charge is 0.362 e. The number of thioether (sulfide) groups is 1. The van der Waals surface area contributed by atoms with E-state index in [1.165, 1.54) is 0 Å². The first-order valence-electron chi connectivity index (χ1n) is 6.52. The van der Waals surface area contributed by atoms with Crippen LogP contribution in [0, 0.1) is 5.41 Å². The van der Waals surface area contributed by atoms with Gasteiger partial charge >= 0.3 is 0 Å². The number of carbonyl (C=O) groups is 1. The molecule has 1 atom stereocenters. The van der Waals surface area contributed by atoms with Gasteiger partial charge in [-0.2, -0.15) is 0 Å². The minimum Gasteiger partial charge on any atom is -0.362 e. The molecule has 18 heavy (non-hydrogen) atoms. The summed E-state index contributed by atoms with van der Waals surface area (Å²) in [5.74, 6) is 1.15. The van der Waals surface area contributed by atoms with Crippen LogP contribution >= 0.6 is 11.8 Å². The second-order valence-electron chi connectivity index (χ2n) is 5.73. The summed E-state index contributed by atoms with van der Waals surface area (Å²) >= 11 is 1.71. The summed E-state index contributed by atoms with van der Waals surface area (Å²) in [6.07, 6.45) is 1.15. The van der Waals surface area contributed by atoms with E-state index in [1.807, 2.05) is 14.0 Å². The number of likely N-dealkylation sites (N-methyl/N-ethyl adjacent to an activating group) is 1. The van der Waals surface area contributed by atoms with Gasteiger partial charge in [-0.3, -0.25) is 9.79 Å². The van der Waals surface area contributed by atoms with Crippen LogP contribution in [-0.4, -0.2) is 47.9 Å². The predicted octanol–water partition coefficient (Wildman–Crippen LogP) is 1.96. The Bertz CT molecular complexity index is 323. The normalized spacial score (nSPS) is 22.7. The molecule has 0 spiro atoms. The molecule has 0 radical (unpaired) electrons. The number of aliphatic imine (C=N–C) groups is 1. The molecule has 4 nitrogen and oxygen atoms in total. The summed E-state index contributed by atoms with van der Waals surface area (Å²) < 4.78 is 0. The molecule has 5 heteroatoms. The van der Waals surface area contributed by atoms with Crippen molar-refractivity contribution >= 4 is 22.8 Å². The van der Waals surface area contributed by atoms with E-state index in [-0.39, 0.29) is 17.9 Å². The highest BCUT2D eigenvalue weighted by atomic mass is 32.2. The van der Waals surface area contributed by atoms with Crippen molar-refractivity contribution in [3.05, 3.63) is 0 Å². The number of amidine groups is 1. The van der Waals surface area contributed by atoms with E-state index in [0.717, 1.165) is 23.9 Å². The maximum atomic E-state index is 11.7. The average Bonchev–Trinajstić information content (AvgIpc) is 2.34. The Hall–Kier alpha value is -0.710. The molecule has 104 valence electrons. The summed E-state index contributed by atoms with van der Waals surface area (Å²) in [6.45, 7) is 9.64. The molecule has 0 saturated carbocycles. The lowest BCUT2D eigenvalue weighted by molar-refractivity contribution is -0.128. The lowest BCUT2D eigenvalue weighted by atomic mass is 9.85. The summed E-state index contributed by atoms with van der Waals surface area (Å²) in [5, 5.41) is 4.36. The molecule has 0 bridgehead atoms. The summed E-state index contributed by atoms with van der Waals surface area (Å²) in [4.78, 5) is 17.8. The van der Waals surface area contributed by atoms with Crippen LogP contribution in [0.5, 0.6) is 0 Å². The van der Waals surface area contributed by atoms with Gasteiger partial charge in [0.05, 0.1) is 0 Å². The van der Waals surface area contributed by atoms with Crippen molar-refractivity contribution in [2.75, 3.05) is 25.9 Å². The van der Waals surface area contributed by atoms with Crippen molar-refractivity contribution in [2.24, 2.45) is 10.4 Å². The predicted molar refractivity (Wildman–Crippen MR) is 79.1 cm³/mol. The summed E-state index contributed by atoms with van der Waals surface area (Å²) in [6, 6.07) is 0.441. The van der Waals surface area contributed by atoms with Crippen LogP contribution in [-0.2, 0) is 4.79 Å². The number of rotatable bonds is 3. The molecule has 1 aliphatic rings. The minimum atomic E-state index is 0.0743. The monoisotopic (exact) mass is 271 g/mol. The van der Waals surface area contributed by atoms with Gasteiger partial charge in [-0.1, -0.05) is 32.5 Å². The van der Waals surface area contributed by atoms with Crippen LogP contribution in [0.15, 0.2) is 4.99 Å². The zero-order chi connectivity index (χ0) is 13.8. The van der Waals surface area contributed by atoms with Gasteiger partial charge in [0.2, 0.25) is 5.91 Å². The Kier molecular flexibility index (Phi) is 5.50. The van der Waals surface area contributed by atoms with Gasteiger partial charge in [0.25, 0.3) is 0 Å². The van der Waals surface area contributed by atoms with E-state index < -0.39 is 0 Å². The third-order valence-corrected chi connectivity index (χ3v) is 4.21. The molecule has 1 fully saturated rings. The molecule has 1 amide bonds. The number of hydrogen-bond acceptors (Lipinski definition) is 3. The minimum absolute atomic E-state index is 0.0743. The fourth-order valence-electron chi connectivity index (χ4n) is 1.71. The summed E-state index contributed by atoms with van der Waals surface area (Å²) in [5.41, 5.74) is 0.228. The van der Waals surface area contributed by atoms with Crippen molar-refractivity contribution in [1.82, 2.24) is 10.2 Å². The van der Waals surface area contributed by atoms with Gasteiger partial charge in [-0.05, 0) is 18.8 Å². The SMILES string of the molecule is CCN(C)C(=O)CN=C1NC(C(C)(C)C)CCS1. The quantitative estimate of drug-likeness (QED) is 0.853. The first kappa shape index (κ1) is 15.3. The van der Waals surface area contributed by atoms with E-state index in [4.69, 9.17) is 0 Å². The number of carbonyl (C=O) groups excluding carboxylic acids is 1. The van der Waals surface area contributed by atoms with E-state index in [2.05, 4.69) is 31.1 Å². The van der Waals surface area contributed by atoms with Gasteiger partial charge < -0.3 is 10.2 Å². The van der Waals surface area contributed by atoms with Gasteiger partial charge in [-0.25, -0.2) is 0 Å². The Morgan fingerprint density at radius 1 is 1.56 bits per heavy atom. The Balaban J connectivity index is 2.54. The molecule has 0 aromatic heterocycles. The third-order valence-electron chi connectivity index (χ3n) is 3.25. The Morgan fingerprint density at radius 2 is 2.22 bits per heavy atom. The van der Waals surface area contributed by atoms with Crippen LogP contribution in [0.4, 0.5) is 0 Å². The Labute approximate surface area is 115 Å². The van der Waals surface area contributed by atoms with Crippen LogP contribution < -0.4 is 5.32 Å². The van der Waals surface area contributed by atoms with Crippen LogP contribution in [0.1, 0.15) is 34.1 Å². The lowest BCUT2D eigenvalue weighted by Crippen LogP contribution is -2.46.